The van der Waals surface area contributed by atoms with Gasteiger partial charge in [0.1, 0.15) is 0 Å². The molecule has 0 saturated carbocycles. The molecular formula is C11H19NO2. The average Bonchev–Trinajstić information content (AvgIpc) is 2.46. The number of aryl methyl sites for hydroxylation is 1. The van der Waals surface area contributed by atoms with E-state index in [0.29, 0.717) is 6.42 Å². The lowest BCUT2D eigenvalue weighted by Gasteiger charge is -2.19. The first-order valence-electron chi connectivity index (χ1n) is 4.95. The van der Waals surface area contributed by atoms with Crippen LogP contribution >= 0.6 is 0 Å². The summed E-state index contributed by atoms with van der Waals surface area (Å²) in [5.74, 6) is 0. The predicted molar refractivity (Wildman–Crippen MR) is 56.0 cm³/mol. The van der Waals surface area contributed by atoms with Crippen LogP contribution in [0.3, 0.4) is 0 Å². The minimum Gasteiger partial charge on any atom is -0.390 e. The number of aromatic nitrogens is 1. The lowest BCUT2D eigenvalue weighted by molar-refractivity contribution is 0.0651. The summed E-state index contributed by atoms with van der Waals surface area (Å²) in [5, 5.41) is 19.0. The molecule has 2 N–H and O–H groups in total. The van der Waals surface area contributed by atoms with E-state index >= 15 is 0 Å². The molecule has 14 heavy (non-hydrogen) atoms. The van der Waals surface area contributed by atoms with Crippen molar-refractivity contribution >= 4 is 0 Å². The molecule has 1 heterocycles. The van der Waals surface area contributed by atoms with Gasteiger partial charge in [-0.3, -0.25) is 0 Å². The van der Waals surface area contributed by atoms with Crippen molar-refractivity contribution in [2.24, 2.45) is 0 Å². The molecule has 0 aliphatic heterocycles. The van der Waals surface area contributed by atoms with E-state index < -0.39 is 11.7 Å². The molecule has 0 spiro atoms. The summed E-state index contributed by atoms with van der Waals surface area (Å²) in [6.45, 7) is 6.06. The molecule has 3 heteroatoms. The van der Waals surface area contributed by atoms with E-state index in [9.17, 15) is 10.2 Å². The maximum Gasteiger partial charge on any atom is 0.0911 e. The van der Waals surface area contributed by atoms with Crippen LogP contribution in [-0.4, -0.2) is 20.4 Å². The lowest BCUT2D eigenvalue weighted by Crippen LogP contribution is -2.21. The van der Waals surface area contributed by atoms with Crippen molar-refractivity contribution in [3.8, 4) is 0 Å². The third-order valence-electron chi connectivity index (χ3n) is 2.26. The van der Waals surface area contributed by atoms with Crippen LogP contribution in [-0.2, 0) is 6.54 Å². The van der Waals surface area contributed by atoms with E-state index in [0.717, 1.165) is 12.2 Å². The van der Waals surface area contributed by atoms with Gasteiger partial charge >= 0.3 is 0 Å². The van der Waals surface area contributed by atoms with Gasteiger partial charge in [0, 0.05) is 18.4 Å². The van der Waals surface area contributed by atoms with Crippen LogP contribution in [0.1, 0.15) is 39.0 Å². The van der Waals surface area contributed by atoms with Crippen molar-refractivity contribution < 1.29 is 10.2 Å². The minimum absolute atomic E-state index is 0.452. The van der Waals surface area contributed by atoms with Crippen molar-refractivity contribution in [2.75, 3.05) is 0 Å². The van der Waals surface area contributed by atoms with E-state index in [4.69, 9.17) is 0 Å². The Morgan fingerprint density at radius 1 is 1.50 bits per heavy atom. The molecule has 3 nitrogen and oxygen atoms in total. The van der Waals surface area contributed by atoms with Crippen LogP contribution < -0.4 is 0 Å². The number of aliphatic hydroxyl groups excluding tert-OH is 1. The highest BCUT2D eigenvalue weighted by Crippen LogP contribution is 2.16. The Balaban J connectivity index is 2.63. The molecule has 0 aliphatic rings. The van der Waals surface area contributed by atoms with Crippen molar-refractivity contribution in [1.29, 1.82) is 0 Å². The van der Waals surface area contributed by atoms with Gasteiger partial charge in [0.15, 0.2) is 0 Å². The summed E-state index contributed by atoms with van der Waals surface area (Å²) in [6, 6.07) is 3.81. The Morgan fingerprint density at radius 3 is 2.64 bits per heavy atom. The zero-order valence-electron chi connectivity index (χ0n) is 9.07. The first kappa shape index (κ1) is 11.3. The van der Waals surface area contributed by atoms with Gasteiger partial charge in [-0.2, -0.15) is 0 Å². The molecule has 80 valence electrons. The zero-order chi connectivity index (χ0) is 10.8. The largest absolute Gasteiger partial charge is 0.390 e. The van der Waals surface area contributed by atoms with Crippen molar-refractivity contribution in [3.63, 3.8) is 0 Å². The lowest BCUT2D eigenvalue weighted by atomic mass is 10.1. The van der Waals surface area contributed by atoms with E-state index in [1.807, 2.05) is 22.9 Å². The van der Waals surface area contributed by atoms with Gasteiger partial charge < -0.3 is 14.8 Å². The standard InChI is InChI=1S/C11H19NO2/c1-9(13)10-5-4-7-12(10)8-6-11(2,3)14/h4-5,7,9,13-14H,6,8H2,1-3H3. The molecule has 0 fully saturated rings. The number of aliphatic hydroxyl groups is 2. The maximum absolute atomic E-state index is 9.57. The van der Waals surface area contributed by atoms with Crippen LogP contribution in [0.5, 0.6) is 0 Å². The van der Waals surface area contributed by atoms with Gasteiger partial charge in [0.05, 0.1) is 11.7 Å². The van der Waals surface area contributed by atoms with E-state index in [-0.39, 0.29) is 0 Å². The Labute approximate surface area is 85.0 Å². The SMILES string of the molecule is CC(O)c1cccn1CCC(C)(C)O. The molecule has 0 aliphatic carbocycles. The fraction of sp³-hybridized carbons (Fsp3) is 0.636. The summed E-state index contributed by atoms with van der Waals surface area (Å²) < 4.78 is 1.97. The zero-order valence-corrected chi connectivity index (χ0v) is 9.07. The van der Waals surface area contributed by atoms with Gasteiger partial charge in [-0.25, -0.2) is 0 Å². The molecular weight excluding hydrogens is 178 g/mol. The second-order valence-electron chi connectivity index (χ2n) is 4.36. The molecule has 1 aromatic rings. The van der Waals surface area contributed by atoms with Crippen LogP contribution in [0.4, 0.5) is 0 Å². The number of nitrogens with zero attached hydrogens (tertiary/aromatic N) is 1. The Morgan fingerprint density at radius 2 is 2.14 bits per heavy atom. The molecule has 1 unspecified atom stereocenters. The Kier molecular flexibility index (Phi) is 3.34. The van der Waals surface area contributed by atoms with Crippen LogP contribution in [0.2, 0.25) is 0 Å². The molecule has 1 aromatic heterocycles. The van der Waals surface area contributed by atoms with Crippen LogP contribution in [0, 0.1) is 0 Å². The highest BCUT2D eigenvalue weighted by molar-refractivity contribution is 5.09. The highest BCUT2D eigenvalue weighted by atomic mass is 16.3. The van der Waals surface area contributed by atoms with Crippen molar-refractivity contribution in [2.45, 2.75) is 45.4 Å². The fourth-order valence-corrected chi connectivity index (χ4v) is 1.40. The number of rotatable bonds is 4. The smallest absolute Gasteiger partial charge is 0.0911 e. The summed E-state index contributed by atoms with van der Waals surface area (Å²) in [5.41, 5.74) is 0.245. The van der Waals surface area contributed by atoms with Gasteiger partial charge in [0.2, 0.25) is 0 Å². The fourth-order valence-electron chi connectivity index (χ4n) is 1.40. The van der Waals surface area contributed by atoms with Gasteiger partial charge in [-0.15, -0.1) is 0 Å². The molecule has 0 amide bonds. The molecule has 1 atom stereocenters. The average molecular weight is 197 g/mol. The number of hydrogen-bond donors (Lipinski definition) is 2. The molecule has 0 bridgehead atoms. The van der Waals surface area contributed by atoms with Crippen LogP contribution in [0.25, 0.3) is 0 Å². The van der Waals surface area contributed by atoms with Crippen molar-refractivity contribution in [3.05, 3.63) is 24.0 Å². The van der Waals surface area contributed by atoms with E-state index in [2.05, 4.69) is 0 Å². The first-order valence-corrected chi connectivity index (χ1v) is 4.95. The third-order valence-corrected chi connectivity index (χ3v) is 2.26. The van der Waals surface area contributed by atoms with Gasteiger partial charge in [-0.05, 0) is 39.3 Å². The second kappa shape index (κ2) is 4.15. The van der Waals surface area contributed by atoms with Gasteiger partial charge in [0.25, 0.3) is 0 Å². The van der Waals surface area contributed by atoms with Crippen LogP contribution in [0.15, 0.2) is 18.3 Å². The summed E-state index contributed by atoms with van der Waals surface area (Å²) >= 11 is 0. The highest BCUT2D eigenvalue weighted by Gasteiger charge is 2.13. The summed E-state index contributed by atoms with van der Waals surface area (Å²) in [4.78, 5) is 0. The normalized spacial score (nSPS) is 14.4. The molecule has 0 radical (unpaired) electrons. The third kappa shape index (κ3) is 3.16. The summed E-state index contributed by atoms with van der Waals surface area (Å²) in [7, 11) is 0. The topological polar surface area (TPSA) is 45.4 Å². The molecule has 0 saturated heterocycles. The number of hydrogen-bond acceptors (Lipinski definition) is 2. The Bertz CT molecular complexity index is 284. The van der Waals surface area contributed by atoms with E-state index in [1.165, 1.54) is 0 Å². The summed E-state index contributed by atoms with van der Waals surface area (Å²) in [6.07, 6.45) is 2.15. The molecule has 1 rings (SSSR count). The monoisotopic (exact) mass is 197 g/mol. The second-order valence-corrected chi connectivity index (χ2v) is 4.36. The quantitative estimate of drug-likeness (QED) is 0.771. The van der Waals surface area contributed by atoms with E-state index in [1.54, 1.807) is 20.8 Å². The minimum atomic E-state index is -0.653. The first-order chi connectivity index (χ1) is 6.40. The predicted octanol–water partition coefficient (Wildman–Crippen LogP) is 1.70. The molecule has 0 aromatic carbocycles. The van der Waals surface area contributed by atoms with Crippen molar-refractivity contribution in [1.82, 2.24) is 4.57 Å². The Hall–Kier alpha value is -0.800. The maximum atomic E-state index is 9.57. The van der Waals surface area contributed by atoms with Gasteiger partial charge in [-0.1, -0.05) is 0 Å².